The van der Waals surface area contributed by atoms with Crippen LogP contribution in [0.2, 0.25) is 5.02 Å². The molecule has 212 valence electrons. The van der Waals surface area contributed by atoms with Crippen molar-refractivity contribution in [2.75, 3.05) is 42.9 Å². The van der Waals surface area contributed by atoms with Crippen molar-refractivity contribution in [3.05, 3.63) is 95.0 Å². The van der Waals surface area contributed by atoms with Crippen molar-refractivity contribution in [1.29, 1.82) is 0 Å². The van der Waals surface area contributed by atoms with Crippen molar-refractivity contribution < 1.29 is 33.0 Å². The van der Waals surface area contributed by atoms with Crippen LogP contribution in [0.15, 0.2) is 83.9 Å². The summed E-state index contributed by atoms with van der Waals surface area (Å²) in [6, 6.07) is 25.0. The van der Waals surface area contributed by atoms with Crippen molar-refractivity contribution in [2.24, 2.45) is 4.99 Å². The predicted molar refractivity (Wildman–Crippen MR) is 148 cm³/mol. The number of piperazine rings is 1. The van der Waals surface area contributed by atoms with E-state index < -0.39 is 18.1 Å². The quantitative estimate of drug-likeness (QED) is 0.263. The van der Waals surface area contributed by atoms with Crippen molar-refractivity contribution >= 4 is 40.9 Å². The van der Waals surface area contributed by atoms with E-state index >= 15 is 0 Å². The summed E-state index contributed by atoms with van der Waals surface area (Å²) >= 11 is 6.39. The number of carboxylic acids is 2. The van der Waals surface area contributed by atoms with Gasteiger partial charge >= 0.3 is 18.1 Å². The number of rotatable bonds is 6. The molecular weight excluding hydrogens is 549 g/mol. The Hall–Kier alpha value is -4.25. The molecule has 1 fully saturated rings. The van der Waals surface area contributed by atoms with Crippen molar-refractivity contribution in [3.63, 3.8) is 0 Å². The third-order valence-electron chi connectivity index (χ3n) is 5.91. The Balaban J connectivity index is 0.000000559. The molecule has 0 unspecified atom stereocenters. The van der Waals surface area contributed by atoms with Crippen molar-refractivity contribution in [1.82, 2.24) is 4.90 Å². The summed E-state index contributed by atoms with van der Waals surface area (Å²) in [5, 5.41) is 20.5. The zero-order valence-electron chi connectivity index (χ0n) is 21.3. The smallest absolute Gasteiger partial charge is 0.478 e. The molecule has 1 saturated heterocycles. The number of para-hydroxylation sites is 1. The highest BCUT2D eigenvalue weighted by molar-refractivity contribution is 6.33. The summed E-state index contributed by atoms with van der Waals surface area (Å²) in [7, 11) is 0. The summed E-state index contributed by atoms with van der Waals surface area (Å²) in [6.45, 7) is 3.93. The standard InChI is InChI=1S/C26H27ClN4O2.C2HF3O2/c27-23-8-4-5-9-24(23)30-16-18-31(19-17-30)26(28-15-14-20-6-2-1-3-7-20)29-22-12-10-21(11-13-22)25(32)33;3-2(4,5)1(6)7/h1-13H,14-19H2,(H,28,29)(H,32,33);(H,6,7). The van der Waals surface area contributed by atoms with Gasteiger partial charge in [0.1, 0.15) is 0 Å². The molecule has 0 aromatic heterocycles. The minimum Gasteiger partial charge on any atom is -0.478 e. The minimum absolute atomic E-state index is 0.261. The molecule has 1 aliphatic heterocycles. The largest absolute Gasteiger partial charge is 0.490 e. The Morgan fingerprint density at radius 3 is 2.00 bits per heavy atom. The van der Waals surface area contributed by atoms with Gasteiger partial charge in [-0.05, 0) is 48.4 Å². The van der Waals surface area contributed by atoms with Gasteiger partial charge in [-0.25, -0.2) is 9.59 Å². The Morgan fingerprint density at radius 1 is 0.875 bits per heavy atom. The number of carboxylic acid groups (broad SMARTS) is 2. The first kappa shape index (κ1) is 30.3. The van der Waals surface area contributed by atoms with Crippen LogP contribution in [-0.2, 0) is 11.2 Å². The van der Waals surface area contributed by atoms with E-state index in [1.54, 1.807) is 24.3 Å². The molecule has 4 rings (SSSR count). The number of aromatic carboxylic acids is 1. The van der Waals surface area contributed by atoms with E-state index in [0.29, 0.717) is 6.54 Å². The van der Waals surface area contributed by atoms with Gasteiger partial charge < -0.3 is 25.3 Å². The Morgan fingerprint density at radius 2 is 1.45 bits per heavy atom. The van der Waals surface area contributed by atoms with Crippen LogP contribution in [0, 0.1) is 0 Å². The van der Waals surface area contributed by atoms with Gasteiger partial charge in [0.25, 0.3) is 0 Å². The summed E-state index contributed by atoms with van der Waals surface area (Å²) in [4.78, 5) is 29.5. The Labute approximate surface area is 234 Å². The van der Waals surface area contributed by atoms with Crippen molar-refractivity contribution in [3.8, 4) is 0 Å². The molecule has 8 nitrogen and oxygen atoms in total. The van der Waals surface area contributed by atoms with E-state index in [2.05, 4.69) is 33.3 Å². The minimum atomic E-state index is -5.08. The molecule has 0 spiro atoms. The molecule has 1 heterocycles. The van der Waals surface area contributed by atoms with Gasteiger partial charge in [0.2, 0.25) is 0 Å². The zero-order chi connectivity index (χ0) is 29.1. The van der Waals surface area contributed by atoms with Crippen LogP contribution >= 0.6 is 11.6 Å². The molecule has 12 heteroatoms. The van der Waals surface area contributed by atoms with Gasteiger partial charge in [-0.1, -0.05) is 54.1 Å². The topological polar surface area (TPSA) is 105 Å². The highest BCUT2D eigenvalue weighted by atomic mass is 35.5. The fourth-order valence-electron chi connectivity index (χ4n) is 3.85. The highest BCUT2D eigenvalue weighted by Gasteiger charge is 2.38. The van der Waals surface area contributed by atoms with E-state index in [1.165, 1.54) is 5.56 Å². The first-order chi connectivity index (χ1) is 19.0. The second-order valence-corrected chi connectivity index (χ2v) is 9.08. The fourth-order valence-corrected chi connectivity index (χ4v) is 4.10. The normalized spacial score (nSPS) is 13.8. The van der Waals surface area contributed by atoms with Crippen LogP contribution < -0.4 is 10.2 Å². The first-order valence-electron chi connectivity index (χ1n) is 12.3. The van der Waals surface area contributed by atoms with Crippen LogP contribution in [-0.4, -0.2) is 71.9 Å². The van der Waals surface area contributed by atoms with Crippen molar-refractivity contribution in [2.45, 2.75) is 12.6 Å². The number of nitrogens with zero attached hydrogens (tertiary/aromatic N) is 3. The summed E-state index contributed by atoms with van der Waals surface area (Å²) in [5.41, 5.74) is 3.37. The number of alkyl halides is 3. The fraction of sp³-hybridized carbons (Fsp3) is 0.250. The molecule has 3 aromatic rings. The van der Waals surface area contributed by atoms with E-state index in [1.807, 2.05) is 36.4 Å². The van der Waals surface area contributed by atoms with Crippen LogP contribution in [0.3, 0.4) is 0 Å². The SMILES string of the molecule is O=C(O)C(F)(F)F.O=C(O)c1ccc(NC(=NCCc2ccccc2)N2CCN(c3ccccc3Cl)CC2)cc1. The van der Waals surface area contributed by atoms with E-state index in [-0.39, 0.29) is 5.56 Å². The molecule has 3 aromatic carbocycles. The maximum Gasteiger partial charge on any atom is 0.490 e. The van der Waals surface area contributed by atoms with Crippen LogP contribution in [0.5, 0.6) is 0 Å². The third kappa shape index (κ3) is 9.19. The van der Waals surface area contributed by atoms with Crippen LogP contribution in [0.25, 0.3) is 0 Å². The van der Waals surface area contributed by atoms with Gasteiger partial charge in [0.05, 0.1) is 16.3 Å². The first-order valence-corrected chi connectivity index (χ1v) is 12.7. The Kier molecular flexibility index (Phi) is 10.8. The summed E-state index contributed by atoms with van der Waals surface area (Å²) < 4.78 is 31.7. The number of benzene rings is 3. The molecule has 3 N–H and O–H groups in total. The van der Waals surface area contributed by atoms with Gasteiger partial charge in [0.15, 0.2) is 5.96 Å². The highest BCUT2D eigenvalue weighted by Crippen LogP contribution is 2.26. The van der Waals surface area contributed by atoms with E-state index in [4.69, 9.17) is 31.6 Å². The van der Waals surface area contributed by atoms with Crippen LogP contribution in [0.1, 0.15) is 15.9 Å². The molecule has 0 bridgehead atoms. The number of guanidine groups is 1. The summed E-state index contributed by atoms with van der Waals surface area (Å²) in [5.74, 6) is -2.89. The molecule has 0 amide bonds. The molecule has 40 heavy (non-hydrogen) atoms. The second-order valence-electron chi connectivity index (χ2n) is 8.68. The molecule has 0 atom stereocenters. The predicted octanol–water partition coefficient (Wildman–Crippen LogP) is 5.50. The number of hydrogen-bond acceptors (Lipinski definition) is 4. The lowest BCUT2D eigenvalue weighted by Crippen LogP contribution is -2.50. The Bertz CT molecular complexity index is 1300. The number of aliphatic carboxylic acids is 1. The average molecular weight is 577 g/mol. The number of halogens is 4. The monoisotopic (exact) mass is 576 g/mol. The summed E-state index contributed by atoms with van der Waals surface area (Å²) in [6.07, 6.45) is -4.23. The third-order valence-corrected chi connectivity index (χ3v) is 6.23. The van der Waals surface area contributed by atoms with Gasteiger partial charge in [-0.2, -0.15) is 13.2 Å². The molecule has 0 saturated carbocycles. The maximum atomic E-state index is 11.2. The van der Waals surface area contributed by atoms with Gasteiger partial charge in [0, 0.05) is 38.4 Å². The lowest BCUT2D eigenvalue weighted by Gasteiger charge is -2.38. The molecule has 0 aliphatic carbocycles. The molecular formula is C28H28ClF3N4O4. The zero-order valence-corrected chi connectivity index (χ0v) is 22.1. The van der Waals surface area contributed by atoms with Gasteiger partial charge in [-0.15, -0.1) is 0 Å². The average Bonchev–Trinajstić information content (AvgIpc) is 2.94. The van der Waals surface area contributed by atoms with E-state index in [0.717, 1.165) is 55.0 Å². The molecule has 0 radical (unpaired) electrons. The second kappa shape index (κ2) is 14.2. The lowest BCUT2D eigenvalue weighted by atomic mass is 10.1. The number of anilines is 2. The number of nitrogens with one attached hydrogen (secondary N) is 1. The number of carbonyl (C=O) groups is 2. The number of aliphatic imine (C=N–C) groups is 1. The maximum absolute atomic E-state index is 11.2. The van der Waals surface area contributed by atoms with E-state index in [9.17, 15) is 18.0 Å². The van der Waals surface area contributed by atoms with Gasteiger partial charge in [-0.3, -0.25) is 4.99 Å². The lowest BCUT2D eigenvalue weighted by molar-refractivity contribution is -0.192. The van der Waals surface area contributed by atoms with Crippen LogP contribution in [0.4, 0.5) is 24.5 Å². The molecule has 1 aliphatic rings. The number of hydrogen-bond donors (Lipinski definition) is 3.